The predicted molar refractivity (Wildman–Crippen MR) is 104 cm³/mol. The molecule has 0 aliphatic heterocycles. The molecule has 10 heteroatoms. The molecule has 1 aromatic carbocycles. The van der Waals surface area contributed by atoms with E-state index in [-0.39, 0.29) is 18.1 Å². The molecule has 0 aliphatic carbocycles. The van der Waals surface area contributed by atoms with Crippen molar-refractivity contribution in [2.75, 3.05) is 19.6 Å². The maximum absolute atomic E-state index is 12.1. The van der Waals surface area contributed by atoms with Crippen molar-refractivity contribution in [2.45, 2.75) is 18.6 Å². The minimum atomic E-state index is -1.30. The van der Waals surface area contributed by atoms with Crippen LogP contribution in [-0.4, -0.2) is 58.7 Å². The van der Waals surface area contributed by atoms with Crippen molar-refractivity contribution in [3.05, 3.63) is 35.9 Å². The fourth-order valence-electron chi connectivity index (χ4n) is 2.13. The predicted octanol–water partition coefficient (Wildman–Crippen LogP) is -0.200. The van der Waals surface area contributed by atoms with Crippen LogP contribution in [0.1, 0.15) is 23.7 Å². The van der Waals surface area contributed by atoms with E-state index in [1.807, 2.05) is 0 Å². The number of carbonyl (C=O) groups is 5. The number of nitrogens with one attached hydrogen (secondary N) is 2. The maximum Gasteiger partial charge on any atom is 0.314 e. The van der Waals surface area contributed by atoms with Gasteiger partial charge in [0.05, 0.1) is 18.3 Å². The summed E-state index contributed by atoms with van der Waals surface area (Å²) in [6.07, 6.45) is -0.0229. The highest BCUT2D eigenvalue weighted by atomic mass is 32.2. The topological polar surface area (TPSA) is 156 Å². The molecule has 0 bridgehead atoms. The summed E-state index contributed by atoms with van der Waals surface area (Å²) in [6, 6.07) is 8.48. The summed E-state index contributed by atoms with van der Waals surface area (Å²) in [5.74, 6) is -4.41. The second-order valence-corrected chi connectivity index (χ2v) is 7.16. The minimum absolute atomic E-state index is 0.0229. The summed E-state index contributed by atoms with van der Waals surface area (Å²) in [7, 11) is 0. The monoisotopic (exact) mass is 409 g/mol. The third-order valence-corrected chi connectivity index (χ3v) is 4.71. The molecule has 0 spiro atoms. The molecule has 5 N–H and O–H groups in total. The van der Waals surface area contributed by atoms with Crippen LogP contribution in [0.25, 0.3) is 0 Å². The first kappa shape index (κ1) is 23.3. The number of carbonyl (C=O) groups excluding carboxylic acids is 4. The van der Waals surface area contributed by atoms with Crippen LogP contribution < -0.4 is 16.4 Å². The largest absolute Gasteiger partial charge is 0.481 e. The molecule has 0 saturated heterocycles. The van der Waals surface area contributed by atoms with Gasteiger partial charge in [0.15, 0.2) is 5.78 Å². The van der Waals surface area contributed by atoms with E-state index in [4.69, 9.17) is 10.8 Å². The Bertz CT molecular complexity index is 725. The van der Waals surface area contributed by atoms with Crippen molar-refractivity contribution in [1.82, 2.24) is 10.6 Å². The minimum Gasteiger partial charge on any atom is -0.481 e. The van der Waals surface area contributed by atoms with Gasteiger partial charge < -0.3 is 21.5 Å². The molecule has 0 radical (unpaired) electrons. The van der Waals surface area contributed by atoms with E-state index in [1.54, 1.807) is 30.3 Å². The number of amides is 2. The molecule has 2 amide bonds. The number of hydrogen-bond donors (Lipinski definition) is 4. The van der Waals surface area contributed by atoms with Crippen LogP contribution in [0, 0.1) is 5.92 Å². The van der Waals surface area contributed by atoms with Gasteiger partial charge in [0.2, 0.25) is 16.9 Å². The number of Topliss-reactive ketones (excluding diaryl/α,β-unsaturated/α-hetero) is 1. The van der Waals surface area contributed by atoms with Crippen LogP contribution in [-0.2, 0) is 19.2 Å². The second-order valence-electron chi connectivity index (χ2n) is 5.84. The molecule has 9 nitrogen and oxygen atoms in total. The molecule has 2 atom stereocenters. The molecule has 28 heavy (non-hydrogen) atoms. The lowest BCUT2D eigenvalue weighted by molar-refractivity contribution is -0.146. The Balaban J connectivity index is 2.39. The van der Waals surface area contributed by atoms with Gasteiger partial charge in [-0.2, -0.15) is 0 Å². The second kappa shape index (κ2) is 11.9. The van der Waals surface area contributed by atoms with E-state index in [2.05, 4.69) is 10.6 Å². The quantitative estimate of drug-likeness (QED) is 0.366. The van der Waals surface area contributed by atoms with Crippen LogP contribution >= 0.6 is 11.8 Å². The first-order valence-corrected chi connectivity index (χ1v) is 9.40. The summed E-state index contributed by atoms with van der Waals surface area (Å²) >= 11 is 0.829. The van der Waals surface area contributed by atoms with Crippen molar-refractivity contribution >= 4 is 40.4 Å². The van der Waals surface area contributed by atoms with Crippen molar-refractivity contribution in [3.8, 4) is 0 Å². The van der Waals surface area contributed by atoms with Gasteiger partial charge in [-0.05, 0) is 19.9 Å². The molecule has 152 valence electrons. The van der Waals surface area contributed by atoms with E-state index >= 15 is 0 Å². The fourth-order valence-corrected chi connectivity index (χ4v) is 2.91. The molecule has 1 rings (SSSR count). The molecule has 2 unspecified atom stereocenters. The third kappa shape index (κ3) is 7.89. The maximum atomic E-state index is 12.1. The number of thioether (sulfide) groups is 1. The number of aliphatic carboxylic acids is 1. The van der Waals surface area contributed by atoms with E-state index in [0.717, 1.165) is 11.8 Å². The molecule has 0 heterocycles. The summed E-state index contributed by atoms with van der Waals surface area (Å²) in [5, 5.41) is 12.6. The smallest absolute Gasteiger partial charge is 0.314 e. The number of carboxylic acids is 1. The highest BCUT2D eigenvalue weighted by Crippen LogP contribution is 2.17. The zero-order valence-corrected chi connectivity index (χ0v) is 16.2. The Kier molecular flexibility index (Phi) is 9.89. The van der Waals surface area contributed by atoms with E-state index in [0.29, 0.717) is 5.56 Å². The molecule has 0 aliphatic rings. The van der Waals surface area contributed by atoms with Crippen LogP contribution in [0.15, 0.2) is 30.3 Å². The van der Waals surface area contributed by atoms with Crippen molar-refractivity contribution < 1.29 is 29.1 Å². The van der Waals surface area contributed by atoms with Gasteiger partial charge in [-0.1, -0.05) is 42.1 Å². The summed E-state index contributed by atoms with van der Waals surface area (Å²) in [5.41, 5.74) is 5.73. The number of ketones is 1. The van der Waals surface area contributed by atoms with Gasteiger partial charge in [-0.15, -0.1) is 0 Å². The molecule has 1 aromatic rings. The third-order valence-electron chi connectivity index (χ3n) is 3.69. The average Bonchev–Trinajstić information content (AvgIpc) is 2.68. The Labute approximate surface area is 166 Å². The van der Waals surface area contributed by atoms with Gasteiger partial charge in [0.1, 0.15) is 5.92 Å². The number of hydrogen-bond acceptors (Lipinski definition) is 7. The number of nitrogens with two attached hydrogens (primary N) is 1. The number of benzene rings is 1. The van der Waals surface area contributed by atoms with Gasteiger partial charge in [-0.25, -0.2) is 0 Å². The molecular weight excluding hydrogens is 386 g/mol. The van der Waals surface area contributed by atoms with E-state index < -0.39 is 47.8 Å². The van der Waals surface area contributed by atoms with Crippen LogP contribution in [0.5, 0.6) is 0 Å². The standard InChI is InChI=1S/C18H23N3O6S/c1-11(28-18(27)12-5-3-2-4-6-12)16(24)21-10-15(23)20-9-14(22)13(7-8-19)17(25)26/h2-6,11,13H,7-10,19H2,1H3,(H,20,23)(H,21,24)(H,25,26). The zero-order valence-electron chi connectivity index (χ0n) is 15.3. The Morgan fingerprint density at radius 1 is 1.07 bits per heavy atom. The van der Waals surface area contributed by atoms with Gasteiger partial charge in [0.25, 0.3) is 0 Å². The molecule has 0 aromatic heterocycles. The van der Waals surface area contributed by atoms with Crippen LogP contribution in [0.4, 0.5) is 0 Å². The highest BCUT2D eigenvalue weighted by molar-refractivity contribution is 8.15. The first-order valence-electron chi connectivity index (χ1n) is 8.52. The van der Waals surface area contributed by atoms with Crippen molar-refractivity contribution in [1.29, 1.82) is 0 Å². The molecule has 0 fully saturated rings. The van der Waals surface area contributed by atoms with E-state index in [1.165, 1.54) is 6.92 Å². The lowest BCUT2D eigenvalue weighted by Gasteiger charge is -2.13. The lowest BCUT2D eigenvalue weighted by atomic mass is 10.0. The van der Waals surface area contributed by atoms with Crippen molar-refractivity contribution in [2.24, 2.45) is 11.7 Å². The summed E-state index contributed by atoms with van der Waals surface area (Å²) in [6.45, 7) is 0.699. The summed E-state index contributed by atoms with van der Waals surface area (Å²) in [4.78, 5) is 58.6. The number of rotatable bonds is 11. The first-order chi connectivity index (χ1) is 13.3. The fraction of sp³-hybridized carbons (Fsp3) is 0.389. The normalized spacial score (nSPS) is 12.5. The Morgan fingerprint density at radius 3 is 2.29 bits per heavy atom. The lowest BCUT2D eigenvalue weighted by Crippen LogP contribution is -2.43. The molecular formula is C18H23N3O6S. The molecule has 0 saturated carbocycles. The zero-order chi connectivity index (χ0) is 21.1. The van der Waals surface area contributed by atoms with Gasteiger partial charge in [0, 0.05) is 5.56 Å². The van der Waals surface area contributed by atoms with Crippen LogP contribution in [0.3, 0.4) is 0 Å². The Morgan fingerprint density at radius 2 is 1.71 bits per heavy atom. The Hall–Kier alpha value is -2.72. The highest BCUT2D eigenvalue weighted by Gasteiger charge is 2.25. The summed E-state index contributed by atoms with van der Waals surface area (Å²) < 4.78 is 0. The average molecular weight is 409 g/mol. The van der Waals surface area contributed by atoms with Gasteiger partial charge >= 0.3 is 5.97 Å². The van der Waals surface area contributed by atoms with Gasteiger partial charge in [-0.3, -0.25) is 24.0 Å². The number of carboxylic acid groups (broad SMARTS) is 1. The van der Waals surface area contributed by atoms with Crippen molar-refractivity contribution in [3.63, 3.8) is 0 Å². The van der Waals surface area contributed by atoms with Crippen LogP contribution in [0.2, 0.25) is 0 Å². The van der Waals surface area contributed by atoms with E-state index in [9.17, 15) is 24.0 Å². The SMILES string of the molecule is CC(SC(=O)c1ccccc1)C(=O)NCC(=O)NCC(=O)C(CCN)C(=O)O.